The molecule has 1 unspecified atom stereocenters. The van der Waals surface area contributed by atoms with E-state index >= 15 is 0 Å². The Kier molecular flexibility index (Phi) is 8.37. The zero-order chi connectivity index (χ0) is 16.2. The minimum Gasteiger partial charge on any atom is -0.341 e. The Balaban J connectivity index is 0.00000441. The number of carbonyl (C=O) groups is 1. The Labute approximate surface area is 141 Å². The smallest absolute Gasteiger partial charge is 0.282 e. The van der Waals surface area contributed by atoms with Gasteiger partial charge in [0.05, 0.1) is 4.92 Å². The number of halogens is 2. The van der Waals surface area contributed by atoms with Gasteiger partial charge >= 0.3 is 0 Å². The molecule has 1 atom stereocenters. The van der Waals surface area contributed by atoms with Crippen LogP contribution in [0.2, 0.25) is 5.02 Å². The fourth-order valence-corrected chi connectivity index (χ4v) is 1.99. The SMILES string of the molecule is CC(C)C(N)CCN(C)C(=O)c1cc(Cl)ccc1[N+](=O)[O-].Cl. The zero-order valence-corrected chi connectivity index (χ0v) is 14.4. The molecule has 0 bridgehead atoms. The van der Waals surface area contributed by atoms with Crippen LogP contribution in [-0.2, 0) is 0 Å². The average molecular weight is 350 g/mol. The van der Waals surface area contributed by atoms with Gasteiger partial charge in [0.25, 0.3) is 11.6 Å². The number of nitro groups is 1. The third-order valence-corrected chi connectivity index (χ3v) is 3.62. The molecular formula is C14H21Cl2N3O3. The van der Waals surface area contributed by atoms with Crippen molar-refractivity contribution in [2.75, 3.05) is 13.6 Å². The van der Waals surface area contributed by atoms with Gasteiger partial charge in [-0.25, -0.2) is 0 Å². The Morgan fingerprint density at radius 3 is 2.55 bits per heavy atom. The maximum Gasteiger partial charge on any atom is 0.282 e. The van der Waals surface area contributed by atoms with Gasteiger partial charge in [-0.15, -0.1) is 12.4 Å². The van der Waals surface area contributed by atoms with Crippen LogP contribution < -0.4 is 5.73 Å². The second-order valence-electron chi connectivity index (χ2n) is 5.34. The van der Waals surface area contributed by atoms with Crippen molar-refractivity contribution in [1.29, 1.82) is 0 Å². The quantitative estimate of drug-likeness (QED) is 0.630. The number of hydrogen-bond acceptors (Lipinski definition) is 4. The molecule has 0 aliphatic carbocycles. The maximum absolute atomic E-state index is 12.3. The Bertz CT molecular complexity index is 538. The number of nitrogens with zero attached hydrogens (tertiary/aromatic N) is 2. The average Bonchev–Trinajstić information content (AvgIpc) is 2.42. The number of amides is 1. The lowest BCUT2D eigenvalue weighted by molar-refractivity contribution is -0.385. The normalized spacial score (nSPS) is 11.7. The number of benzene rings is 1. The van der Waals surface area contributed by atoms with E-state index < -0.39 is 10.8 Å². The summed E-state index contributed by atoms with van der Waals surface area (Å²) in [5.74, 6) is -0.117. The van der Waals surface area contributed by atoms with E-state index in [1.54, 1.807) is 7.05 Å². The number of carbonyl (C=O) groups excluding carboxylic acids is 1. The molecule has 1 aromatic carbocycles. The molecule has 2 N–H and O–H groups in total. The lowest BCUT2D eigenvalue weighted by Gasteiger charge is -2.21. The van der Waals surface area contributed by atoms with Crippen LogP contribution in [0.1, 0.15) is 30.6 Å². The summed E-state index contributed by atoms with van der Waals surface area (Å²) in [6.07, 6.45) is 0.633. The summed E-state index contributed by atoms with van der Waals surface area (Å²) in [6.45, 7) is 4.45. The molecule has 0 fully saturated rings. The predicted molar refractivity (Wildman–Crippen MR) is 89.7 cm³/mol. The van der Waals surface area contributed by atoms with Crippen molar-refractivity contribution in [2.24, 2.45) is 11.7 Å². The maximum atomic E-state index is 12.3. The highest BCUT2D eigenvalue weighted by molar-refractivity contribution is 6.31. The van der Waals surface area contributed by atoms with E-state index in [1.165, 1.54) is 23.1 Å². The first kappa shape index (κ1) is 20.6. The van der Waals surface area contributed by atoms with E-state index in [0.717, 1.165) is 0 Å². The fourth-order valence-electron chi connectivity index (χ4n) is 1.82. The summed E-state index contributed by atoms with van der Waals surface area (Å²) >= 11 is 5.83. The molecular weight excluding hydrogens is 329 g/mol. The highest BCUT2D eigenvalue weighted by Gasteiger charge is 2.23. The molecule has 0 aliphatic heterocycles. The van der Waals surface area contributed by atoms with Crippen LogP contribution in [-0.4, -0.2) is 35.4 Å². The molecule has 0 saturated carbocycles. The van der Waals surface area contributed by atoms with Crippen molar-refractivity contribution in [3.63, 3.8) is 0 Å². The molecule has 0 heterocycles. The number of hydrogen-bond donors (Lipinski definition) is 1. The van der Waals surface area contributed by atoms with Gasteiger partial charge in [-0.2, -0.15) is 0 Å². The highest BCUT2D eigenvalue weighted by Crippen LogP contribution is 2.24. The van der Waals surface area contributed by atoms with Gasteiger partial charge in [-0.3, -0.25) is 14.9 Å². The van der Waals surface area contributed by atoms with Crippen LogP contribution in [0.3, 0.4) is 0 Å². The Hall–Kier alpha value is -1.37. The summed E-state index contributed by atoms with van der Waals surface area (Å²) in [6, 6.07) is 3.93. The summed E-state index contributed by atoms with van der Waals surface area (Å²) in [5.41, 5.74) is 5.69. The zero-order valence-electron chi connectivity index (χ0n) is 12.8. The minimum absolute atomic E-state index is 0. The number of nitrogens with two attached hydrogens (primary N) is 1. The molecule has 0 saturated heterocycles. The second-order valence-corrected chi connectivity index (χ2v) is 5.78. The van der Waals surface area contributed by atoms with Crippen molar-refractivity contribution in [1.82, 2.24) is 4.90 Å². The van der Waals surface area contributed by atoms with E-state index in [2.05, 4.69) is 0 Å². The van der Waals surface area contributed by atoms with E-state index in [1.807, 2.05) is 13.8 Å². The molecule has 0 spiro atoms. The summed E-state index contributed by atoms with van der Waals surface area (Å²) in [7, 11) is 1.60. The van der Waals surface area contributed by atoms with Crippen LogP contribution >= 0.6 is 24.0 Å². The van der Waals surface area contributed by atoms with Gasteiger partial charge in [-0.05, 0) is 24.5 Å². The largest absolute Gasteiger partial charge is 0.341 e. The van der Waals surface area contributed by atoms with E-state index in [9.17, 15) is 14.9 Å². The first-order chi connectivity index (χ1) is 9.73. The van der Waals surface area contributed by atoms with E-state index in [4.69, 9.17) is 17.3 Å². The third kappa shape index (κ3) is 5.44. The third-order valence-electron chi connectivity index (χ3n) is 3.39. The molecule has 1 amide bonds. The molecule has 0 aromatic heterocycles. The van der Waals surface area contributed by atoms with Crippen LogP contribution in [0.5, 0.6) is 0 Å². The summed E-state index contributed by atoms with van der Waals surface area (Å²) in [4.78, 5) is 24.2. The fraction of sp³-hybridized carbons (Fsp3) is 0.500. The van der Waals surface area contributed by atoms with Crippen LogP contribution in [0.15, 0.2) is 18.2 Å². The molecule has 0 radical (unpaired) electrons. The van der Waals surface area contributed by atoms with Crippen molar-refractivity contribution in [3.8, 4) is 0 Å². The van der Waals surface area contributed by atoms with Gasteiger partial charge in [0.15, 0.2) is 0 Å². The molecule has 0 aliphatic rings. The van der Waals surface area contributed by atoms with Crippen molar-refractivity contribution in [3.05, 3.63) is 38.9 Å². The van der Waals surface area contributed by atoms with E-state index in [-0.39, 0.29) is 34.7 Å². The Morgan fingerprint density at radius 1 is 1.45 bits per heavy atom. The van der Waals surface area contributed by atoms with Crippen LogP contribution in [0.4, 0.5) is 5.69 Å². The monoisotopic (exact) mass is 349 g/mol. The molecule has 8 heteroatoms. The van der Waals surface area contributed by atoms with Gasteiger partial charge < -0.3 is 10.6 Å². The number of rotatable bonds is 6. The predicted octanol–water partition coefficient (Wildman–Crippen LogP) is 3.12. The minimum atomic E-state index is -0.586. The van der Waals surface area contributed by atoms with Gasteiger partial charge in [0.1, 0.15) is 5.56 Å². The lowest BCUT2D eigenvalue weighted by Crippen LogP contribution is -2.34. The molecule has 22 heavy (non-hydrogen) atoms. The van der Waals surface area contributed by atoms with Crippen LogP contribution in [0.25, 0.3) is 0 Å². The Morgan fingerprint density at radius 2 is 2.05 bits per heavy atom. The first-order valence-electron chi connectivity index (χ1n) is 6.69. The summed E-state index contributed by atoms with van der Waals surface area (Å²) < 4.78 is 0. The molecule has 1 aromatic rings. The van der Waals surface area contributed by atoms with Crippen molar-refractivity contribution in [2.45, 2.75) is 26.3 Å². The van der Waals surface area contributed by atoms with Crippen molar-refractivity contribution >= 4 is 35.6 Å². The van der Waals surface area contributed by atoms with Crippen molar-refractivity contribution < 1.29 is 9.72 Å². The second kappa shape index (κ2) is 8.92. The van der Waals surface area contributed by atoms with Crippen LogP contribution in [0, 0.1) is 16.0 Å². The molecule has 6 nitrogen and oxygen atoms in total. The first-order valence-corrected chi connectivity index (χ1v) is 7.06. The summed E-state index contributed by atoms with van der Waals surface area (Å²) in [5, 5.41) is 11.3. The highest BCUT2D eigenvalue weighted by atomic mass is 35.5. The van der Waals surface area contributed by atoms with E-state index in [0.29, 0.717) is 18.9 Å². The van der Waals surface area contributed by atoms with Gasteiger partial charge in [0, 0.05) is 30.7 Å². The topological polar surface area (TPSA) is 89.5 Å². The van der Waals surface area contributed by atoms with Gasteiger partial charge in [0.2, 0.25) is 0 Å². The lowest BCUT2D eigenvalue weighted by atomic mass is 10.0. The molecule has 1 rings (SSSR count). The molecule has 124 valence electrons. The standard InChI is InChI=1S/C14H20ClN3O3.ClH/c1-9(2)12(16)6-7-17(3)14(19)11-8-10(15)4-5-13(11)18(20)21;/h4-5,8-9,12H,6-7,16H2,1-3H3;1H. The number of nitro benzene ring substituents is 1. The van der Waals surface area contributed by atoms with Gasteiger partial charge in [-0.1, -0.05) is 25.4 Å².